The second-order valence-electron chi connectivity index (χ2n) is 3.94. The summed E-state index contributed by atoms with van der Waals surface area (Å²) in [6.07, 6.45) is 0.648. The molecular formula is C13H12Cl2OS. The smallest absolute Gasteiger partial charge is 0.190 e. The van der Waals surface area contributed by atoms with Crippen LogP contribution in [0.1, 0.15) is 28.6 Å². The van der Waals surface area contributed by atoms with Crippen molar-refractivity contribution in [2.24, 2.45) is 0 Å². The van der Waals surface area contributed by atoms with E-state index in [4.69, 9.17) is 23.2 Å². The van der Waals surface area contributed by atoms with E-state index < -0.39 is 5.38 Å². The molecule has 0 amide bonds. The molecule has 1 aromatic heterocycles. The first kappa shape index (κ1) is 12.9. The highest BCUT2D eigenvalue weighted by atomic mass is 35.5. The van der Waals surface area contributed by atoms with E-state index in [1.54, 1.807) is 0 Å². The Labute approximate surface area is 114 Å². The van der Waals surface area contributed by atoms with Crippen molar-refractivity contribution in [2.45, 2.75) is 25.6 Å². The van der Waals surface area contributed by atoms with Gasteiger partial charge in [0.05, 0.1) is 10.3 Å². The molecular weight excluding hydrogens is 275 g/mol. The lowest BCUT2D eigenvalue weighted by molar-refractivity contribution is 0.0989. The number of halogens is 2. The van der Waals surface area contributed by atoms with Gasteiger partial charge >= 0.3 is 0 Å². The van der Waals surface area contributed by atoms with Crippen LogP contribution in [0.25, 0.3) is 10.1 Å². The van der Waals surface area contributed by atoms with Gasteiger partial charge in [-0.2, -0.15) is 0 Å². The lowest BCUT2D eigenvalue weighted by atomic mass is 10.1. The van der Waals surface area contributed by atoms with Crippen molar-refractivity contribution in [1.82, 2.24) is 0 Å². The third-order valence-electron chi connectivity index (χ3n) is 2.76. The summed E-state index contributed by atoms with van der Waals surface area (Å²) >= 11 is 13.5. The lowest BCUT2D eigenvalue weighted by Gasteiger charge is -2.03. The molecule has 1 unspecified atom stereocenters. The number of thiophene rings is 1. The van der Waals surface area contributed by atoms with Gasteiger partial charge in [0.15, 0.2) is 5.78 Å². The average Bonchev–Trinajstić information content (AvgIpc) is 2.65. The number of hydrogen-bond acceptors (Lipinski definition) is 2. The number of ketones is 1. The standard InChI is InChI=1S/C13H12Cl2OS/c1-3-10(15)12(16)13-7(2)9-6-8(14)4-5-11(9)17-13/h4-6,10H,3H2,1-2H3. The highest BCUT2D eigenvalue weighted by molar-refractivity contribution is 7.21. The first-order valence-corrected chi connectivity index (χ1v) is 7.04. The monoisotopic (exact) mass is 286 g/mol. The molecule has 1 atom stereocenters. The van der Waals surface area contributed by atoms with E-state index in [0.29, 0.717) is 11.4 Å². The predicted molar refractivity (Wildman–Crippen MR) is 75.8 cm³/mol. The van der Waals surface area contributed by atoms with Gasteiger partial charge in [-0.15, -0.1) is 22.9 Å². The summed E-state index contributed by atoms with van der Waals surface area (Å²) in [6.45, 7) is 3.86. The van der Waals surface area contributed by atoms with E-state index >= 15 is 0 Å². The molecule has 0 aliphatic carbocycles. The van der Waals surface area contributed by atoms with E-state index in [2.05, 4.69) is 0 Å². The Morgan fingerprint density at radius 1 is 1.47 bits per heavy atom. The zero-order valence-corrected chi connectivity index (χ0v) is 11.9. The van der Waals surface area contributed by atoms with Crippen LogP contribution in [0, 0.1) is 6.92 Å². The van der Waals surface area contributed by atoms with Gasteiger partial charge in [-0.25, -0.2) is 0 Å². The maximum Gasteiger partial charge on any atom is 0.190 e. The van der Waals surface area contributed by atoms with Gasteiger partial charge in [0.25, 0.3) is 0 Å². The van der Waals surface area contributed by atoms with Crippen LogP contribution in [0.2, 0.25) is 5.02 Å². The van der Waals surface area contributed by atoms with Gasteiger partial charge in [-0.05, 0) is 42.5 Å². The molecule has 0 bridgehead atoms. The van der Waals surface area contributed by atoms with Crippen LogP contribution in [0.5, 0.6) is 0 Å². The van der Waals surface area contributed by atoms with Gasteiger partial charge in [0, 0.05) is 9.72 Å². The summed E-state index contributed by atoms with van der Waals surface area (Å²) < 4.78 is 1.08. The molecule has 0 spiro atoms. The van der Waals surface area contributed by atoms with Crippen molar-refractivity contribution in [2.75, 3.05) is 0 Å². The molecule has 0 aliphatic heterocycles. The van der Waals surface area contributed by atoms with Crippen LogP contribution in [-0.2, 0) is 0 Å². The van der Waals surface area contributed by atoms with Crippen LogP contribution in [0.15, 0.2) is 18.2 Å². The van der Waals surface area contributed by atoms with E-state index in [9.17, 15) is 4.79 Å². The second kappa shape index (κ2) is 4.97. The number of alkyl halides is 1. The van der Waals surface area contributed by atoms with E-state index in [-0.39, 0.29) is 5.78 Å². The normalized spacial score (nSPS) is 12.9. The molecule has 0 saturated carbocycles. The fraction of sp³-hybridized carbons (Fsp3) is 0.308. The van der Waals surface area contributed by atoms with Crippen LogP contribution in [-0.4, -0.2) is 11.2 Å². The van der Waals surface area contributed by atoms with Crippen LogP contribution in [0.3, 0.4) is 0 Å². The van der Waals surface area contributed by atoms with E-state index in [1.807, 2.05) is 32.0 Å². The minimum atomic E-state index is -0.433. The molecule has 4 heteroatoms. The quantitative estimate of drug-likeness (QED) is 0.569. The number of benzene rings is 1. The number of carbonyl (C=O) groups excluding carboxylic acids is 1. The number of fused-ring (bicyclic) bond motifs is 1. The largest absolute Gasteiger partial charge is 0.292 e. The van der Waals surface area contributed by atoms with E-state index in [0.717, 1.165) is 20.5 Å². The maximum absolute atomic E-state index is 12.1. The summed E-state index contributed by atoms with van der Waals surface area (Å²) in [5.41, 5.74) is 0.983. The minimum absolute atomic E-state index is 0.0176. The molecule has 1 heterocycles. The zero-order chi connectivity index (χ0) is 12.6. The minimum Gasteiger partial charge on any atom is -0.292 e. The highest BCUT2D eigenvalue weighted by Gasteiger charge is 2.21. The van der Waals surface area contributed by atoms with Gasteiger partial charge < -0.3 is 0 Å². The lowest BCUT2D eigenvalue weighted by Crippen LogP contribution is -2.12. The zero-order valence-electron chi connectivity index (χ0n) is 9.59. The van der Waals surface area contributed by atoms with Gasteiger partial charge in [0.2, 0.25) is 0 Å². The topological polar surface area (TPSA) is 17.1 Å². The number of rotatable bonds is 3. The molecule has 90 valence electrons. The van der Waals surface area contributed by atoms with Crippen LogP contribution in [0.4, 0.5) is 0 Å². The first-order chi connectivity index (χ1) is 8.04. The molecule has 0 radical (unpaired) electrons. The highest BCUT2D eigenvalue weighted by Crippen LogP contribution is 2.34. The Balaban J connectivity index is 2.56. The first-order valence-electron chi connectivity index (χ1n) is 5.41. The summed E-state index contributed by atoms with van der Waals surface area (Å²) in [5, 5.41) is 1.30. The predicted octanol–water partition coefficient (Wildman–Crippen LogP) is 5.06. The summed E-state index contributed by atoms with van der Waals surface area (Å²) in [4.78, 5) is 12.9. The van der Waals surface area contributed by atoms with Crippen molar-refractivity contribution < 1.29 is 4.79 Å². The van der Waals surface area contributed by atoms with Gasteiger partial charge in [-0.3, -0.25) is 4.79 Å². The molecule has 2 rings (SSSR count). The SMILES string of the molecule is CCC(Cl)C(=O)c1sc2ccc(Cl)cc2c1C. The van der Waals surface area contributed by atoms with Crippen LogP contribution < -0.4 is 0 Å². The Kier molecular flexibility index (Phi) is 3.76. The van der Waals surface area contributed by atoms with Crippen molar-refractivity contribution in [3.05, 3.63) is 33.7 Å². The Morgan fingerprint density at radius 2 is 2.18 bits per heavy atom. The Hall–Kier alpha value is -0.570. The Bertz CT molecular complexity index is 574. The molecule has 17 heavy (non-hydrogen) atoms. The van der Waals surface area contributed by atoms with Crippen molar-refractivity contribution >= 4 is 50.4 Å². The number of carbonyl (C=O) groups is 1. The molecule has 2 aromatic rings. The molecule has 0 saturated heterocycles. The van der Waals surface area contributed by atoms with Crippen molar-refractivity contribution in [3.63, 3.8) is 0 Å². The maximum atomic E-state index is 12.1. The van der Waals surface area contributed by atoms with Gasteiger partial charge in [0.1, 0.15) is 0 Å². The average molecular weight is 287 g/mol. The summed E-state index contributed by atoms with van der Waals surface area (Å²) in [6, 6.07) is 5.68. The number of Topliss-reactive ketones (excluding diaryl/α,β-unsaturated/α-hetero) is 1. The fourth-order valence-electron chi connectivity index (χ4n) is 1.76. The third-order valence-corrected chi connectivity index (χ3v) is 4.79. The fourth-order valence-corrected chi connectivity index (χ4v) is 3.29. The molecule has 1 nitrogen and oxygen atoms in total. The molecule has 0 aliphatic rings. The Morgan fingerprint density at radius 3 is 2.82 bits per heavy atom. The summed E-state index contributed by atoms with van der Waals surface area (Å²) in [5.74, 6) is 0.0176. The number of hydrogen-bond donors (Lipinski definition) is 0. The van der Waals surface area contributed by atoms with Gasteiger partial charge in [-0.1, -0.05) is 18.5 Å². The molecule has 1 aromatic carbocycles. The molecule has 0 N–H and O–H groups in total. The van der Waals surface area contributed by atoms with Crippen LogP contribution >= 0.6 is 34.5 Å². The third kappa shape index (κ3) is 2.35. The van der Waals surface area contributed by atoms with Crippen molar-refractivity contribution in [3.8, 4) is 0 Å². The summed E-state index contributed by atoms with van der Waals surface area (Å²) in [7, 11) is 0. The second-order valence-corrected chi connectivity index (χ2v) is 5.95. The number of aryl methyl sites for hydroxylation is 1. The molecule has 0 fully saturated rings. The van der Waals surface area contributed by atoms with E-state index in [1.165, 1.54) is 11.3 Å². The van der Waals surface area contributed by atoms with Crippen molar-refractivity contribution in [1.29, 1.82) is 0 Å².